The molecule has 6 N–H and O–H groups in total. The Kier molecular flexibility index (Phi) is 11.1. The van der Waals surface area contributed by atoms with E-state index in [2.05, 4.69) is 15.3 Å². The average molecular weight is 630 g/mol. The molecule has 3 heterocycles. The van der Waals surface area contributed by atoms with Gasteiger partial charge in [0.25, 0.3) is 0 Å². The maximum atomic E-state index is 13.8. The van der Waals surface area contributed by atoms with E-state index in [4.69, 9.17) is 11.5 Å². The van der Waals surface area contributed by atoms with Crippen molar-refractivity contribution >= 4 is 58.5 Å². The van der Waals surface area contributed by atoms with Crippen molar-refractivity contribution in [3.05, 3.63) is 52.5 Å². The summed E-state index contributed by atoms with van der Waals surface area (Å²) in [5.41, 5.74) is 11.7. The zero-order chi connectivity index (χ0) is 30.9. The molecule has 43 heavy (non-hydrogen) atoms. The van der Waals surface area contributed by atoms with Crippen molar-refractivity contribution in [2.24, 2.45) is 16.5 Å². The fourth-order valence-electron chi connectivity index (χ4n) is 5.28. The van der Waals surface area contributed by atoms with Gasteiger partial charge in [-0.05, 0) is 24.8 Å². The quantitative estimate of drug-likeness (QED) is 0.105. The molecule has 2 fully saturated rings. The number of Topliss-reactive ketones (excluding diaryl/α,β-unsaturated/α-hetero) is 1. The number of aliphatic carboxylic acids is 1. The van der Waals surface area contributed by atoms with Gasteiger partial charge in [-0.15, -0.1) is 11.3 Å². The van der Waals surface area contributed by atoms with Crippen molar-refractivity contribution in [3.63, 3.8) is 0 Å². The second kappa shape index (κ2) is 15.0. The highest BCUT2D eigenvalue weighted by Gasteiger charge is 2.49. The Bertz CT molecular complexity index is 1340. The highest BCUT2D eigenvalue weighted by Crippen LogP contribution is 2.30. The summed E-state index contributed by atoms with van der Waals surface area (Å²) in [4.78, 5) is 76.6. The van der Waals surface area contributed by atoms with Gasteiger partial charge < -0.3 is 31.7 Å². The summed E-state index contributed by atoms with van der Waals surface area (Å²) in [6, 6.07) is 5.84. The standard InChI is InChI=1S/C28H35N7O6S2/c29-28(30)32-10-4-7-19(24(39)26-31-11-12-43-26)33-25(40)21-16-42-15-18-14-34(20(13-23(37)38)27(41)35(18)21)22(36)9-8-17-5-2-1-3-6-17/h1-3,5-6,11-12,18-21H,4,7-10,13-16H2,(H,33,40)(H,37,38)(H4,29,30,32)/t18-,19?,20?,21+/m1/s1. The van der Waals surface area contributed by atoms with Gasteiger partial charge in [0, 0.05) is 42.6 Å². The Morgan fingerprint density at radius 3 is 2.60 bits per heavy atom. The summed E-state index contributed by atoms with van der Waals surface area (Å²) < 4.78 is 0. The minimum atomic E-state index is -1.23. The Morgan fingerprint density at radius 1 is 1.16 bits per heavy atom. The molecule has 2 aromatic rings. The zero-order valence-electron chi connectivity index (χ0n) is 23.5. The van der Waals surface area contributed by atoms with Crippen LogP contribution in [0.5, 0.6) is 0 Å². The second-order valence-corrected chi connectivity index (χ2v) is 12.3. The predicted molar refractivity (Wildman–Crippen MR) is 163 cm³/mol. The highest BCUT2D eigenvalue weighted by molar-refractivity contribution is 7.99. The van der Waals surface area contributed by atoms with Crippen molar-refractivity contribution in [3.8, 4) is 0 Å². The number of rotatable bonds is 13. The van der Waals surface area contributed by atoms with Crippen LogP contribution in [-0.2, 0) is 25.6 Å². The van der Waals surface area contributed by atoms with Crippen LogP contribution in [0.3, 0.4) is 0 Å². The lowest BCUT2D eigenvalue weighted by Crippen LogP contribution is -2.70. The minimum Gasteiger partial charge on any atom is -0.481 e. The highest BCUT2D eigenvalue weighted by atomic mass is 32.2. The number of nitrogens with one attached hydrogen (secondary N) is 1. The first-order valence-electron chi connectivity index (χ1n) is 13.9. The number of guanidine groups is 1. The lowest BCUT2D eigenvalue weighted by atomic mass is 9.98. The number of amides is 3. The van der Waals surface area contributed by atoms with E-state index in [1.807, 2.05) is 30.3 Å². The molecule has 0 saturated carbocycles. The van der Waals surface area contributed by atoms with E-state index in [-0.39, 0.29) is 54.3 Å². The summed E-state index contributed by atoms with van der Waals surface area (Å²) in [7, 11) is 0. The van der Waals surface area contributed by atoms with Crippen LogP contribution in [0, 0.1) is 0 Å². The number of thioether (sulfide) groups is 1. The van der Waals surface area contributed by atoms with Gasteiger partial charge >= 0.3 is 5.97 Å². The number of carbonyl (C=O) groups is 5. The summed E-state index contributed by atoms with van der Waals surface area (Å²) in [6.45, 7) is 0.380. The summed E-state index contributed by atoms with van der Waals surface area (Å²) in [5.74, 6) is -2.33. The van der Waals surface area contributed by atoms with Crippen LogP contribution in [0.1, 0.15) is 41.0 Å². The number of piperazine rings is 1. The van der Waals surface area contributed by atoms with Crippen LogP contribution in [0.15, 0.2) is 46.9 Å². The number of carbonyl (C=O) groups excluding carboxylic acids is 4. The summed E-state index contributed by atoms with van der Waals surface area (Å²) in [5, 5.41) is 14.3. The summed E-state index contributed by atoms with van der Waals surface area (Å²) >= 11 is 2.62. The number of nitrogens with two attached hydrogens (primary N) is 2. The number of thiazole rings is 1. The van der Waals surface area contributed by atoms with Crippen LogP contribution in [0.4, 0.5) is 0 Å². The third kappa shape index (κ3) is 8.32. The third-order valence-corrected chi connectivity index (χ3v) is 9.28. The van der Waals surface area contributed by atoms with E-state index in [1.54, 1.807) is 5.38 Å². The first-order valence-corrected chi connectivity index (χ1v) is 15.9. The second-order valence-electron chi connectivity index (χ2n) is 10.3. The first kappa shape index (κ1) is 31.9. The topological polar surface area (TPSA) is 201 Å². The molecule has 4 atom stereocenters. The molecule has 2 aliphatic rings. The van der Waals surface area contributed by atoms with Crippen LogP contribution in [0.2, 0.25) is 0 Å². The molecule has 0 radical (unpaired) electrons. The number of hydrogen-bond donors (Lipinski definition) is 4. The van der Waals surface area contributed by atoms with Crippen molar-refractivity contribution in [1.82, 2.24) is 20.1 Å². The van der Waals surface area contributed by atoms with E-state index in [9.17, 15) is 29.1 Å². The predicted octanol–water partition coefficient (Wildman–Crippen LogP) is 0.495. The molecule has 13 nitrogen and oxygen atoms in total. The number of aliphatic imine (C=N–C) groups is 1. The van der Waals surface area contributed by atoms with Crippen molar-refractivity contribution < 1.29 is 29.1 Å². The number of nitrogens with zero attached hydrogens (tertiary/aromatic N) is 4. The maximum Gasteiger partial charge on any atom is 0.305 e. The largest absolute Gasteiger partial charge is 0.481 e. The van der Waals surface area contributed by atoms with Gasteiger partial charge in [-0.25, -0.2) is 4.98 Å². The number of carboxylic acids is 1. The molecule has 1 aromatic heterocycles. The molecule has 1 aromatic carbocycles. The van der Waals surface area contributed by atoms with E-state index in [0.29, 0.717) is 18.6 Å². The Labute approximate surface area is 257 Å². The number of hydrogen-bond acceptors (Lipinski definition) is 9. The van der Waals surface area contributed by atoms with Crippen molar-refractivity contribution in [1.29, 1.82) is 0 Å². The van der Waals surface area contributed by atoms with Crippen molar-refractivity contribution in [2.75, 3.05) is 24.6 Å². The third-order valence-electron chi connectivity index (χ3n) is 7.32. The number of benzene rings is 1. The molecule has 4 rings (SSSR count). The van der Waals surface area contributed by atoms with Gasteiger partial charge in [0.15, 0.2) is 11.0 Å². The zero-order valence-corrected chi connectivity index (χ0v) is 25.1. The molecule has 3 amide bonds. The van der Waals surface area contributed by atoms with Gasteiger partial charge in [-0.1, -0.05) is 30.3 Å². The molecule has 0 bridgehead atoms. The number of carboxylic acid groups (broad SMARTS) is 1. The SMILES string of the molecule is NC(N)=NCCCC(NC(=O)[C@@H]1CSC[C@H]2CN(C(=O)CCc3ccccc3)C(CC(=O)O)C(=O)N21)C(=O)c1nccs1. The van der Waals surface area contributed by atoms with Gasteiger partial charge in [-0.2, -0.15) is 11.8 Å². The molecule has 2 aliphatic heterocycles. The normalized spacial score (nSPS) is 20.6. The molecule has 230 valence electrons. The first-order chi connectivity index (χ1) is 20.7. The van der Waals surface area contributed by atoms with Crippen LogP contribution in [-0.4, -0.2) is 104 Å². The van der Waals surface area contributed by atoms with E-state index in [0.717, 1.165) is 16.9 Å². The Balaban J connectivity index is 1.50. The average Bonchev–Trinajstić information content (AvgIpc) is 3.53. The van der Waals surface area contributed by atoms with E-state index >= 15 is 0 Å². The molecular formula is C28H35N7O6S2. The lowest BCUT2D eigenvalue weighted by Gasteiger charge is -2.50. The maximum absolute atomic E-state index is 13.8. The monoisotopic (exact) mass is 629 g/mol. The van der Waals surface area contributed by atoms with Gasteiger partial charge in [0.1, 0.15) is 12.1 Å². The van der Waals surface area contributed by atoms with E-state index in [1.165, 1.54) is 27.8 Å². The molecular weight excluding hydrogens is 594 g/mol. The number of aryl methyl sites for hydroxylation is 1. The molecule has 2 unspecified atom stereocenters. The minimum absolute atomic E-state index is 0.0794. The van der Waals surface area contributed by atoms with E-state index < -0.39 is 48.4 Å². The van der Waals surface area contributed by atoms with Gasteiger partial charge in [-0.3, -0.25) is 29.0 Å². The Morgan fingerprint density at radius 2 is 1.93 bits per heavy atom. The van der Waals surface area contributed by atoms with Gasteiger partial charge in [0.2, 0.25) is 23.5 Å². The molecule has 0 aliphatic carbocycles. The van der Waals surface area contributed by atoms with Gasteiger partial charge in [0.05, 0.1) is 18.5 Å². The van der Waals surface area contributed by atoms with Crippen molar-refractivity contribution in [2.45, 2.75) is 56.3 Å². The number of ketones is 1. The molecule has 2 saturated heterocycles. The fraction of sp³-hybridized carbons (Fsp3) is 0.464. The molecule has 15 heteroatoms. The van der Waals surface area contributed by atoms with Crippen LogP contribution < -0.4 is 16.8 Å². The lowest BCUT2D eigenvalue weighted by molar-refractivity contribution is -0.162. The smallest absolute Gasteiger partial charge is 0.305 e. The molecule has 0 spiro atoms. The van der Waals surface area contributed by atoms with Crippen LogP contribution in [0.25, 0.3) is 0 Å². The van der Waals surface area contributed by atoms with Crippen LogP contribution >= 0.6 is 23.1 Å². The number of aromatic nitrogens is 1. The Hall–Kier alpha value is -3.98. The fourth-order valence-corrected chi connectivity index (χ4v) is 7.12. The summed E-state index contributed by atoms with van der Waals surface area (Å²) in [6.07, 6.45) is 2.15. The number of fused-ring (bicyclic) bond motifs is 1.